The maximum atomic E-state index is 13.7. The van der Waals surface area contributed by atoms with E-state index in [9.17, 15) is 18.3 Å². The highest BCUT2D eigenvalue weighted by Gasteiger charge is 2.34. The van der Waals surface area contributed by atoms with Gasteiger partial charge in [-0.3, -0.25) is 14.4 Å². The molecule has 9 nitrogen and oxygen atoms in total. The Balaban J connectivity index is 1.33. The van der Waals surface area contributed by atoms with Crippen LogP contribution < -0.4 is 14.2 Å². The third kappa shape index (κ3) is 7.59. The Hall–Kier alpha value is -3.90. The Labute approximate surface area is 262 Å². The summed E-state index contributed by atoms with van der Waals surface area (Å²) in [6.07, 6.45) is -0.283. The maximum absolute atomic E-state index is 13.7. The van der Waals surface area contributed by atoms with Gasteiger partial charge in [-0.15, -0.1) is 11.3 Å². The zero-order chi connectivity index (χ0) is 31.3. The molecule has 5 rings (SSSR count). The van der Waals surface area contributed by atoms with Crippen LogP contribution in [0.5, 0.6) is 17.2 Å². The van der Waals surface area contributed by atoms with E-state index in [1.165, 1.54) is 12.1 Å². The lowest BCUT2D eigenvalue weighted by atomic mass is 9.99. The molecular formula is C33H37N3O6S2. The molecule has 0 saturated heterocycles. The summed E-state index contributed by atoms with van der Waals surface area (Å²) in [5.41, 5.74) is 1.61. The topological polar surface area (TPSA) is 108 Å². The van der Waals surface area contributed by atoms with Gasteiger partial charge < -0.3 is 19.5 Å². The number of hydrogen-bond donors (Lipinski definition) is 2. The average Bonchev–Trinajstić information content (AvgIpc) is 3.57. The number of nitrogens with one attached hydrogen (secondary N) is 1. The molecule has 1 aliphatic rings. The van der Waals surface area contributed by atoms with Crippen molar-refractivity contribution in [3.05, 3.63) is 101 Å². The van der Waals surface area contributed by atoms with Crippen molar-refractivity contribution in [2.45, 2.75) is 36.7 Å². The molecule has 3 aromatic carbocycles. The summed E-state index contributed by atoms with van der Waals surface area (Å²) in [6, 6.07) is 25.1. The Morgan fingerprint density at radius 1 is 1.07 bits per heavy atom. The predicted molar refractivity (Wildman–Crippen MR) is 172 cm³/mol. The highest BCUT2D eigenvalue weighted by molar-refractivity contribution is 7.94. The van der Waals surface area contributed by atoms with Gasteiger partial charge in [-0.25, -0.2) is 8.42 Å². The van der Waals surface area contributed by atoms with Crippen molar-refractivity contribution in [2.75, 3.05) is 31.5 Å². The summed E-state index contributed by atoms with van der Waals surface area (Å²) in [5, 5.41) is 11.6. The van der Waals surface area contributed by atoms with Crippen molar-refractivity contribution in [3.63, 3.8) is 0 Å². The molecule has 0 radical (unpaired) electrons. The van der Waals surface area contributed by atoms with E-state index in [0.29, 0.717) is 25.4 Å². The van der Waals surface area contributed by atoms with E-state index in [1.54, 1.807) is 35.4 Å². The van der Waals surface area contributed by atoms with Crippen molar-refractivity contribution in [1.29, 1.82) is 0 Å². The number of para-hydroxylation sites is 1. The van der Waals surface area contributed by atoms with Crippen LogP contribution in [0, 0.1) is 5.92 Å². The van der Waals surface area contributed by atoms with Gasteiger partial charge >= 0.3 is 0 Å². The summed E-state index contributed by atoms with van der Waals surface area (Å²) >= 11 is 1.11. The summed E-state index contributed by atoms with van der Waals surface area (Å²) < 4.78 is 40.8. The van der Waals surface area contributed by atoms with E-state index in [1.807, 2.05) is 68.6 Å². The van der Waals surface area contributed by atoms with Gasteiger partial charge in [0.1, 0.15) is 27.6 Å². The van der Waals surface area contributed by atoms with E-state index in [0.717, 1.165) is 28.4 Å². The molecule has 0 fully saturated rings. The van der Waals surface area contributed by atoms with Crippen LogP contribution in [0.15, 0.2) is 94.5 Å². The van der Waals surface area contributed by atoms with Crippen molar-refractivity contribution in [3.8, 4) is 17.2 Å². The second kappa shape index (κ2) is 13.8. The molecular weight excluding hydrogens is 599 g/mol. The first-order valence-electron chi connectivity index (χ1n) is 14.4. The van der Waals surface area contributed by atoms with E-state index < -0.39 is 16.1 Å². The summed E-state index contributed by atoms with van der Waals surface area (Å²) in [7, 11) is -1.78. The fourth-order valence-electron chi connectivity index (χ4n) is 5.10. The Morgan fingerprint density at radius 2 is 1.80 bits per heavy atom. The van der Waals surface area contributed by atoms with Crippen LogP contribution in [-0.2, 0) is 16.6 Å². The van der Waals surface area contributed by atoms with E-state index in [-0.39, 0.29) is 40.0 Å². The molecule has 0 unspecified atom stereocenters. The van der Waals surface area contributed by atoms with Crippen molar-refractivity contribution in [1.82, 2.24) is 9.80 Å². The fraction of sp³-hybridized carbons (Fsp3) is 0.303. The van der Waals surface area contributed by atoms with Crippen molar-refractivity contribution >= 4 is 33.0 Å². The van der Waals surface area contributed by atoms with E-state index in [2.05, 4.69) is 9.62 Å². The van der Waals surface area contributed by atoms with Gasteiger partial charge in [0.15, 0.2) is 0 Å². The first kappa shape index (κ1) is 31.5. The average molecular weight is 636 g/mol. The number of likely N-dealkylation sites (N-methyl/N-ethyl adjacent to an activating group) is 1. The largest absolute Gasteiger partial charge is 0.488 e. The number of thiophene rings is 1. The lowest BCUT2D eigenvalue weighted by molar-refractivity contribution is 0.0341. The quantitative estimate of drug-likeness (QED) is 0.218. The number of nitrogens with zero attached hydrogens (tertiary/aromatic N) is 2. The molecule has 232 valence electrons. The molecule has 1 aromatic heterocycles. The Morgan fingerprint density at radius 3 is 2.48 bits per heavy atom. The predicted octanol–water partition coefficient (Wildman–Crippen LogP) is 5.69. The van der Waals surface area contributed by atoms with E-state index >= 15 is 0 Å². The highest BCUT2D eigenvalue weighted by Crippen LogP contribution is 2.32. The van der Waals surface area contributed by atoms with Crippen LogP contribution in [0.3, 0.4) is 0 Å². The monoisotopic (exact) mass is 635 g/mol. The Bertz CT molecular complexity index is 1650. The number of carbonyl (C=O) groups excluding carboxylic acids is 1. The number of rotatable bonds is 11. The molecule has 0 aliphatic carbocycles. The molecule has 11 heteroatoms. The third-order valence-corrected chi connectivity index (χ3v) is 10.3. The van der Waals surface area contributed by atoms with Crippen LogP contribution in [0.1, 0.15) is 29.8 Å². The maximum Gasteiger partial charge on any atom is 0.271 e. The molecule has 44 heavy (non-hydrogen) atoms. The molecule has 3 atom stereocenters. The SMILES string of the molecule is C[C@@H]1CN([C@@H](C)CO)C(=O)c2cc(NS(=O)(=O)c3cccs3)ccc2O[C@H]1CN(C)Cc1ccc(Oc2ccccc2)cc1. The first-order chi connectivity index (χ1) is 21.1. The number of ether oxygens (including phenoxy) is 2. The van der Waals surface area contributed by atoms with Gasteiger partial charge in [0.2, 0.25) is 0 Å². The molecule has 4 aromatic rings. The molecule has 2 N–H and O–H groups in total. The minimum Gasteiger partial charge on any atom is -0.488 e. The van der Waals surface area contributed by atoms with Crippen LogP contribution in [-0.4, -0.2) is 68.1 Å². The second-order valence-corrected chi connectivity index (χ2v) is 14.0. The van der Waals surface area contributed by atoms with Crippen molar-refractivity contribution in [2.24, 2.45) is 5.92 Å². The number of benzene rings is 3. The number of hydrogen-bond acceptors (Lipinski definition) is 8. The van der Waals surface area contributed by atoms with Crippen molar-refractivity contribution < 1.29 is 27.8 Å². The minimum absolute atomic E-state index is 0.0535. The van der Waals surface area contributed by atoms with Gasteiger partial charge in [0.25, 0.3) is 15.9 Å². The summed E-state index contributed by atoms with van der Waals surface area (Å²) in [4.78, 5) is 17.5. The standard InChI is InChI=1S/C33H37N3O6S2/c1-23-19-36(24(2)22-37)33(38)29-18-26(34-44(39,40)32-10-7-17-43-32)13-16-30(29)42-31(23)21-35(3)20-25-11-14-28(15-12-25)41-27-8-5-4-6-9-27/h4-18,23-24,31,34,37H,19-22H2,1-3H3/t23-,24+,31+/m1/s1. The first-order valence-corrected chi connectivity index (χ1v) is 16.8. The number of carbonyl (C=O) groups is 1. The van der Waals surface area contributed by atoms with Crippen LogP contribution in [0.2, 0.25) is 0 Å². The number of anilines is 1. The fourth-order valence-corrected chi connectivity index (χ4v) is 7.14. The minimum atomic E-state index is -3.80. The lowest BCUT2D eigenvalue weighted by Crippen LogP contribution is -2.49. The number of sulfonamides is 1. The smallest absolute Gasteiger partial charge is 0.271 e. The van der Waals surface area contributed by atoms with Crippen LogP contribution in [0.4, 0.5) is 5.69 Å². The molecule has 0 saturated carbocycles. The lowest BCUT2D eigenvalue weighted by Gasteiger charge is -2.38. The number of fused-ring (bicyclic) bond motifs is 1. The zero-order valence-electron chi connectivity index (χ0n) is 24.9. The van der Waals surface area contributed by atoms with Crippen LogP contribution >= 0.6 is 11.3 Å². The highest BCUT2D eigenvalue weighted by atomic mass is 32.2. The van der Waals surface area contributed by atoms with E-state index in [4.69, 9.17) is 9.47 Å². The second-order valence-electron chi connectivity index (χ2n) is 11.1. The summed E-state index contributed by atoms with van der Waals surface area (Å²) in [6.45, 7) is 5.24. The molecule has 2 heterocycles. The van der Waals surface area contributed by atoms with Gasteiger partial charge in [-0.1, -0.05) is 43.3 Å². The third-order valence-electron chi connectivity index (χ3n) is 7.52. The van der Waals surface area contributed by atoms with Crippen LogP contribution in [0.25, 0.3) is 0 Å². The van der Waals surface area contributed by atoms with Gasteiger partial charge in [0.05, 0.1) is 18.2 Å². The summed E-state index contributed by atoms with van der Waals surface area (Å²) in [5.74, 6) is 1.54. The zero-order valence-corrected chi connectivity index (χ0v) is 26.6. The number of aliphatic hydroxyl groups is 1. The normalized spacial score (nSPS) is 17.8. The molecule has 0 bridgehead atoms. The van der Waals surface area contributed by atoms with Gasteiger partial charge in [-0.2, -0.15) is 0 Å². The molecule has 1 amide bonds. The number of aliphatic hydroxyl groups excluding tert-OH is 1. The number of amides is 1. The Kier molecular flexibility index (Phi) is 9.90. The van der Waals surface area contributed by atoms with Gasteiger partial charge in [-0.05, 0) is 73.4 Å². The van der Waals surface area contributed by atoms with Gasteiger partial charge in [0, 0.05) is 31.2 Å². The molecule has 1 aliphatic heterocycles. The molecule has 0 spiro atoms.